The average molecular weight is 245 g/mol. The van der Waals surface area contributed by atoms with Crippen molar-refractivity contribution in [3.8, 4) is 0 Å². The van der Waals surface area contributed by atoms with Gasteiger partial charge in [0, 0.05) is 31.5 Å². The lowest BCUT2D eigenvalue weighted by Crippen LogP contribution is -2.23. The molecule has 1 unspecified atom stereocenters. The van der Waals surface area contributed by atoms with Gasteiger partial charge in [-0.05, 0) is 0 Å². The molecule has 0 aliphatic carbocycles. The lowest BCUT2D eigenvalue weighted by molar-refractivity contribution is -0.120. The molecule has 0 aliphatic rings. The molecular formula is C9H15N3O3S. The highest BCUT2D eigenvalue weighted by atomic mass is 32.2. The largest absolute Gasteiger partial charge is 0.318 e. The van der Waals surface area contributed by atoms with Crippen LogP contribution in [0, 0.1) is 0 Å². The Bertz CT molecular complexity index is 478. The van der Waals surface area contributed by atoms with E-state index in [9.17, 15) is 13.2 Å². The number of hydrogen-bond donors (Lipinski definition) is 1. The fourth-order valence-corrected chi connectivity index (χ4v) is 1.80. The van der Waals surface area contributed by atoms with Crippen LogP contribution in [0.3, 0.4) is 0 Å². The van der Waals surface area contributed by atoms with Crippen molar-refractivity contribution >= 4 is 15.6 Å². The predicted molar refractivity (Wildman–Crippen MR) is 59.5 cm³/mol. The van der Waals surface area contributed by atoms with Gasteiger partial charge in [-0.25, -0.2) is 8.42 Å². The zero-order chi connectivity index (χ0) is 12.3. The molecule has 0 aliphatic heterocycles. The van der Waals surface area contributed by atoms with Gasteiger partial charge in [0.2, 0.25) is 0 Å². The third-order valence-corrected chi connectivity index (χ3v) is 3.10. The van der Waals surface area contributed by atoms with Gasteiger partial charge >= 0.3 is 0 Å². The summed E-state index contributed by atoms with van der Waals surface area (Å²) in [7, 11) is -1.41. The lowest BCUT2D eigenvalue weighted by Gasteiger charge is -2.07. The molecule has 1 heterocycles. The van der Waals surface area contributed by atoms with E-state index in [0.29, 0.717) is 5.56 Å². The number of hydrogen-bond acceptors (Lipinski definition) is 5. The predicted octanol–water partition coefficient (Wildman–Crippen LogP) is -0.576. The Labute approximate surface area is 94.4 Å². The van der Waals surface area contributed by atoms with Crippen LogP contribution in [0.25, 0.3) is 0 Å². The van der Waals surface area contributed by atoms with Gasteiger partial charge in [-0.3, -0.25) is 9.48 Å². The molecule has 0 spiro atoms. The van der Waals surface area contributed by atoms with E-state index < -0.39 is 15.9 Å². The Morgan fingerprint density at radius 1 is 1.62 bits per heavy atom. The van der Waals surface area contributed by atoms with Gasteiger partial charge in [0.15, 0.2) is 5.78 Å². The smallest absolute Gasteiger partial charge is 0.155 e. The topological polar surface area (TPSA) is 95.0 Å². The Morgan fingerprint density at radius 3 is 2.69 bits per heavy atom. The molecule has 1 aromatic heterocycles. The number of carbonyl (C=O) groups is 1. The second kappa shape index (κ2) is 4.75. The molecule has 0 bridgehead atoms. The van der Waals surface area contributed by atoms with Gasteiger partial charge in [-0.2, -0.15) is 5.10 Å². The quantitative estimate of drug-likeness (QED) is 0.749. The average Bonchev–Trinajstić information content (AvgIpc) is 2.59. The van der Waals surface area contributed by atoms with E-state index >= 15 is 0 Å². The SMILES string of the molecule is Cn1cc(C(N)C(=O)CCS(C)(=O)=O)cn1. The van der Waals surface area contributed by atoms with Crippen molar-refractivity contribution in [1.29, 1.82) is 0 Å². The monoisotopic (exact) mass is 245 g/mol. The second-order valence-corrected chi connectivity index (χ2v) is 6.03. The molecular weight excluding hydrogens is 230 g/mol. The van der Waals surface area contributed by atoms with Gasteiger partial charge in [0.25, 0.3) is 0 Å². The van der Waals surface area contributed by atoms with Crippen LogP contribution in [0.1, 0.15) is 18.0 Å². The molecule has 16 heavy (non-hydrogen) atoms. The maximum Gasteiger partial charge on any atom is 0.155 e. The molecule has 1 aromatic rings. The van der Waals surface area contributed by atoms with E-state index in [4.69, 9.17) is 5.73 Å². The van der Waals surface area contributed by atoms with Crippen molar-refractivity contribution in [2.24, 2.45) is 12.8 Å². The van der Waals surface area contributed by atoms with Gasteiger partial charge in [0.05, 0.1) is 18.0 Å². The number of nitrogens with zero attached hydrogens (tertiary/aromatic N) is 2. The molecule has 7 heteroatoms. The summed E-state index contributed by atoms with van der Waals surface area (Å²) in [6, 6.07) is -0.796. The Balaban J connectivity index is 2.61. The minimum atomic E-state index is -3.13. The first-order valence-electron chi connectivity index (χ1n) is 4.74. The number of Topliss-reactive ketones (excluding diaryl/α,β-unsaturated/α-hetero) is 1. The van der Waals surface area contributed by atoms with Crippen molar-refractivity contribution in [3.05, 3.63) is 18.0 Å². The third-order valence-electron chi connectivity index (χ3n) is 2.15. The van der Waals surface area contributed by atoms with E-state index in [0.717, 1.165) is 6.26 Å². The van der Waals surface area contributed by atoms with E-state index in [1.165, 1.54) is 6.20 Å². The maximum absolute atomic E-state index is 11.6. The summed E-state index contributed by atoms with van der Waals surface area (Å²) in [5.74, 6) is -0.460. The zero-order valence-electron chi connectivity index (χ0n) is 9.25. The zero-order valence-corrected chi connectivity index (χ0v) is 10.1. The summed E-state index contributed by atoms with van der Waals surface area (Å²) in [5, 5.41) is 3.90. The van der Waals surface area contributed by atoms with Crippen LogP contribution in [0.5, 0.6) is 0 Å². The number of ketones is 1. The number of rotatable bonds is 5. The molecule has 6 nitrogen and oxygen atoms in total. The second-order valence-electron chi connectivity index (χ2n) is 3.77. The van der Waals surface area contributed by atoms with Crippen LogP contribution in [0.2, 0.25) is 0 Å². The highest BCUT2D eigenvalue weighted by Crippen LogP contribution is 2.11. The molecule has 0 fully saturated rings. The van der Waals surface area contributed by atoms with Crippen LogP contribution in [0.15, 0.2) is 12.4 Å². The van der Waals surface area contributed by atoms with Crippen molar-refractivity contribution in [1.82, 2.24) is 9.78 Å². The molecule has 2 N–H and O–H groups in total. The van der Waals surface area contributed by atoms with Crippen LogP contribution in [-0.2, 0) is 21.7 Å². The normalized spacial score (nSPS) is 13.7. The number of carbonyl (C=O) groups excluding carboxylic acids is 1. The number of sulfone groups is 1. The molecule has 0 radical (unpaired) electrons. The van der Waals surface area contributed by atoms with Crippen molar-refractivity contribution in [2.75, 3.05) is 12.0 Å². The van der Waals surface area contributed by atoms with Gasteiger partial charge in [0.1, 0.15) is 9.84 Å². The minimum Gasteiger partial charge on any atom is -0.318 e. The fourth-order valence-electron chi connectivity index (χ4n) is 1.23. The maximum atomic E-state index is 11.6. The Kier molecular flexibility index (Phi) is 3.82. The molecule has 0 amide bonds. The van der Waals surface area contributed by atoms with Crippen LogP contribution in [0.4, 0.5) is 0 Å². The van der Waals surface area contributed by atoms with Gasteiger partial charge < -0.3 is 5.73 Å². The standard InChI is InChI=1S/C9H15N3O3S/c1-12-6-7(5-11-12)9(10)8(13)3-4-16(2,14)15/h5-6,9H,3-4,10H2,1-2H3. The van der Waals surface area contributed by atoms with Crippen LogP contribution < -0.4 is 5.73 Å². The molecule has 1 rings (SSSR count). The number of aromatic nitrogens is 2. The molecule has 0 saturated heterocycles. The first kappa shape index (κ1) is 12.9. The summed E-state index contributed by atoms with van der Waals surface area (Å²) in [6.07, 6.45) is 4.18. The minimum absolute atomic E-state index is 0.0606. The summed E-state index contributed by atoms with van der Waals surface area (Å²) < 4.78 is 23.3. The van der Waals surface area contributed by atoms with E-state index in [1.807, 2.05) is 0 Å². The van der Waals surface area contributed by atoms with Gasteiger partial charge in [-0.1, -0.05) is 0 Å². The summed E-state index contributed by atoms with van der Waals surface area (Å²) >= 11 is 0. The van der Waals surface area contributed by atoms with Gasteiger partial charge in [-0.15, -0.1) is 0 Å². The third kappa shape index (κ3) is 3.74. The Morgan fingerprint density at radius 2 is 2.25 bits per heavy atom. The van der Waals surface area contributed by atoms with E-state index in [2.05, 4.69) is 5.10 Å². The van der Waals surface area contributed by atoms with Crippen molar-refractivity contribution in [3.63, 3.8) is 0 Å². The van der Waals surface area contributed by atoms with Crippen molar-refractivity contribution in [2.45, 2.75) is 12.5 Å². The molecule has 0 aromatic carbocycles. The molecule has 1 atom stereocenters. The first-order chi connectivity index (χ1) is 7.29. The van der Waals surface area contributed by atoms with E-state index in [1.54, 1.807) is 17.9 Å². The summed E-state index contributed by atoms with van der Waals surface area (Å²) in [4.78, 5) is 11.6. The van der Waals surface area contributed by atoms with Crippen molar-refractivity contribution < 1.29 is 13.2 Å². The number of aryl methyl sites for hydroxylation is 1. The lowest BCUT2D eigenvalue weighted by atomic mass is 10.1. The first-order valence-corrected chi connectivity index (χ1v) is 6.80. The highest BCUT2D eigenvalue weighted by molar-refractivity contribution is 7.90. The molecule has 0 saturated carbocycles. The highest BCUT2D eigenvalue weighted by Gasteiger charge is 2.18. The summed E-state index contributed by atoms with van der Waals surface area (Å²) in [6.45, 7) is 0. The van der Waals surface area contributed by atoms with Crippen LogP contribution in [-0.4, -0.2) is 36.0 Å². The number of nitrogens with two attached hydrogens (primary N) is 1. The van der Waals surface area contributed by atoms with Crippen LogP contribution >= 0.6 is 0 Å². The Hall–Kier alpha value is -1.21. The summed E-state index contributed by atoms with van der Waals surface area (Å²) in [5.41, 5.74) is 6.28. The fraction of sp³-hybridized carbons (Fsp3) is 0.556. The van der Waals surface area contributed by atoms with E-state index in [-0.39, 0.29) is 18.0 Å². The molecule has 90 valence electrons.